The van der Waals surface area contributed by atoms with Crippen LogP contribution < -0.4 is 0 Å². The first kappa shape index (κ1) is 17.5. The lowest BCUT2D eigenvalue weighted by molar-refractivity contribution is -0.143. The second-order valence-electron chi connectivity index (χ2n) is 6.05. The first-order valence-corrected chi connectivity index (χ1v) is 8.57. The molecular weight excluding hydrogens is 385 g/mol. The summed E-state index contributed by atoms with van der Waals surface area (Å²) in [6.45, 7) is -0.0373. The van der Waals surface area contributed by atoms with E-state index in [9.17, 15) is 27.9 Å². The molecule has 3 aromatic rings. The van der Waals surface area contributed by atoms with Gasteiger partial charge in [-0.2, -0.15) is 13.2 Å². The second-order valence-corrected chi connectivity index (χ2v) is 7.13. The molecule has 0 fully saturated rings. The number of carboxylic acids is 1. The third-order valence-corrected chi connectivity index (χ3v) is 5.46. The quantitative estimate of drug-likeness (QED) is 0.720. The fourth-order valence-electron chi connectivity index (χ4n) is 2.99. The first-order chi connectivity index (χ1) is 12.7. The van der Waals surface area contributed by atoms with Crippen LogP contribution in [0.2, 0.25) is 0 Å². The summed E-state index contributed by atoms with van der Waals surface area (Å²) in [5, 5.41) is 17.3. The lowest BCUT2D eigenvalue weighted by atomic mass is 10.1. The monoisotopic (exact) mass is 396 g/mol. The van der Waals surface area contributed by atoms with Gasteiger partial charge in [-0.05, 0) is 29.7 Å². The fraction of sp³-hybridized carbons (Fsp3) is 0.250. The van der Waals surface area contributed by atoms with Gasteiger partial charge in [-0.15, -0.1) is 21.5 Å². The summed E-state index contributed by atoms with van der Waals surface area (Å²) < 4.78 is 40.7. The fourth-order valence-corrected chi connectivity index (χ4v) is 3.99. The maximum absolute atomic E-state index is 12.9. The van der Waals surface area contributed by atoms with Crippen LogP contribution in [0, 0.1) is 0 Å². The zero-order valence-electron chi connectivity index (χ0n) is 13.5. The summed E-state index contributed by atoms with van der Waals surface area (Å²) in [4.78, 5) is 25.8. The van der Waals surface area contributed by atoms with E-state index < -0.39 is 29.7 Å². The number of aliphatic carboxylic acids is 1. The Hall–Kier alpha value is -2.95. The van der Waals surface area contributed by atoms with Crippen molar-refractivity contribution in [2.24, 2.45) is 0 Å². The van der Waals surface area contributed by atoms with E-state index in [2.05, 4.69) is 10.2 Å². The number of hydrogen-bond donors (Lipinski definition) is 1. The topological polar surface area (TPSA) is 88.3 Å². The molecule has 3 heterocycles. The average Bonchev–Trinajstić information content (AvgIpc) is 3.24. The van der Waals surface area contributed by atoms with Gasteiger partial charge in [0.25, 0.3) is 5.91 Å². The molecule has 1 aliphatic rings. The lowest BCUT2D eigenvalue weighted by Gasteiger charge is -2.32. The number of nitrogens with zero attached hydrogens (tertiary/aromatic N) is 4. The number of halogens is 3. The van der Waals surface area contributed by atoms with E-state index in [1.165, 1.54) is 18.5 Å². The molecule has 0 spiro atoms. The van der Waals surface area contributed by atoms with E-state index in [-0.39, 0.29) is 23.4 Å². The number of thiophene rings is 1. The molecule has 1 unspecified atom stereocenters. The van der Waals surface area contributed by atoms with Crippen LogP contribution in [0.15, 0.2) is 30.6 Å². The van der Waals surface area contributed by atoms with Gasteiger partial charge in [0.2, 0.25) is 0 Å². The molecule has 4 rings (SSSR count). The smallest absolute Gasteiger partial charge is 0.416 e. The van der Waals surface area contributed by atoms with Crippen LogP contribution in [0.25, 0.3) is 10.1 Å². The Morgan fingerprint density at radius 2 is 2.04 bits per heavy atom. The van der Waals surface area contributed by atoms with Crippen molar-refractivity contribution in [3.05, 3.63) is 46.9 Å². The normalized spacial score (nSPS) is 17.1. The van der Waals surface area contributed by atoms with E-state index in [0.717, 1.165) is 28.4 Å². The van der Waals surface area contributed by atoms with E-state index in [4.69, 9.17) is 0 Å². The minimum absolute atomic E-state index is 0.00647. The van der Waals surface area contributed by atoms with Gasteiger partial charge in [0, 0.05) is 4.70 Å². The van der Waals surface area contributed by atoms with Crippen LogP contribution in [0.4, 0.5) is 13.2 Å². The van der Waals surface area contributed by atoms with Crippen LogP contribution in [-0.2, 0) is 24.1 Å². The summed E-state index contributed by atoms with van der Waals surface area (Å²) in [7, 11) is 0. The van der Waals surface area contributed by atoms with Crippen molar-refractivity contribution < 1.29 is 27.9 Å². The number of carboxylic acid groups (broad SMARTS) is 1. The van der Waals surface area contributed by atoms with Crippen LogP contribution in [-0.4, -0.2) is 42.7 Å². The van der Waals surface area contributed by atoms with Crippen LogP contribution >= 0.6 is 11.3 Å². The Balaban J connectivity index is 1.70. The lowest BCUT2D eigenvalue weighted by Crippen LogP contribution is -2.50. The molecule has 1 aromatic carbocycles. The number of fused-ring (bicyclic) bond motifs is 2. The van der Waals surface area contributed by atoms with Crippen LogP contribution in [0.5, 0.6) is 0 Å². The molecule has 11 heteroatoms. The molecule has 1 atom stereocenters. The first-order valence-electron chi connectivity index (χ1n) is 7.75. The Morgan fingerprint density at radius 3 is 2.74 bits per heavy atom. The zero-order valence-corrected chi connectivity index (χ0v) is 14.3. The molecule has 7 nitrogen and oxygen atoms in total. The highest BCUT2D eigenvalue weighted by atomic mass is 32.1. The van der Waals surface area contributed by atoms with E-state index in [1.807, 2.05) is 0 Å². The van der Waals surface area contributed by atoms with Gasteiger partial charge in [-0.3, -0.25) is 4.79 Å². The minimum atomic E-state index is -4.48. The van der Waals surface area contributed by atoms with Crippen molar-refractivity contribution >= 4 is 33.3 Å². The van der Waals surface area contributed by atoms with Gasteiger partial charge in [-0.25, -0.2) is 4.79 Å². The van der Waals surface area contributed by atoms with E-state index >= 15 is 0 Å². The average molecular weight is 396 g/mol. The molecule has 1 aliphatic heterocycles. The maximum atomic E-state index is 12.9. The number of carbonyl (C=O) groups excluding carboxylic acids is 1. The number of hydrogen-bond acceptors (Lipinski definition) is 5. The Kier molecular flexibility index (Phi) is 3.91. The summed E-state index contributed by atoms with van der Waals surface area (Å²) in [5.74, 6) is -1.30. The van der Waals surface area contributed by atoms with Gasteiger partial charge in [0.15, 0.2) is 5.82 Å². The molecule has 1 N–H and O–H groups in total. The van der Waals surface area contributed by atoms with Crippen molar-refractivity contribution in [2.75, 3.05) is 0 Å². The highest BCUT2D eigenvalue weighted by Crippen LogP contribution is 2.35. The molecular formula is C16H11F3N4O3S. The van der Waals surface area contributed by atoms with Crippen molar-refractivity contribution in [3.63, 3.8) is 0 Å². The number of carbonyl (C=O) groups is 2. The molecule has 0 aliphatic carbocycles. The summed E-state index contributed by atoms with van der Waals surface area (Å²) >= 11 is 1.02. The van der Waals surface area contributed by atoms with Crippen LogP contribution in [0.3, 0.4) is 0 Å². The number of amides is 1. The Morgan fingerprint density at radius 1 is 1.26 bits per heavy atom. The molecule has 0 bridgehead atoms. The standard InChI is InChI=1S/C16H11F3N4O3S/c17-16(18,19)9-1-2-11-8(3-9)4-12(27-11)14(24)23-6-13-21-20-7-22(13)5-10(23)15(25)26/h1-4,7,10H,5-6H2,(H,25,26). The molecule has 0 saturated heterocycles. The molecule has 27 heavy (non-hydrogen) atoms. The third kappa shape index (κ3) is 3.03. The zero-order chi connectivity index (χ0) is 19.3. The SMILES string of the molecule is O=C(O)C1Cn2cnnc2CN1C(=O)c1cc2cc(C(F)(F)F)ccc2s1. The van der Waals surface area contributed by atoms with Gasteiger partial charge in [0.1, 0.15) is 12.4 Å². The van der Waals surface area contributed by atoms with Crippen molar-refractivity contribution in [2.45, 2.75) is 25.3 Å². The molecule has 0 radical (unpaired) electrons. The van der Waals surface area contributed by atoms with Crippen molar-refractivity contribution in [1.82, 2.24) is 19.7 Å². The summed E-state index contributed by atoms with van der Waals surface area (Å²) in [5.41, 5.74) is -0.804. The van der Waals surface area contributed by atoms with Crippen molar-refractivity contribution in [3.8, 4) is 0 Å². The van der Waals surface area contributed by atoms with Gasteiger partial charge in [-0.1, -0.05) is 0 Å². The maximum Gasteiger partial charge on any atom is 0.416 e. The summed E-state index contributed by atoms with van der Waals surface area (Å²) in [6.07, 6.45) is -3.09. The molecule has 0 saturated carbocycles. The molecule has 140 valence electrons. The van der Waals surface area contributed by atoms with E-state index in [1.54, 1.807) is 4.57 Å². The van der Waals surface area contributed by atoms with Gasteiger partial charge >= 0.3 is 12.1 Å². The highest BCUT2D eigenvalue weighted by molar-refractivity contribution is 7.20. The minimum Gasteiger partial charge on any atom is -0.480 e. The third-order valence-electron chi connectivity index (χ3n) is 4.35. The molecule has 2 aromatic heterocycles. The largest absolute Gasteiger partial charge is 0.480 e. The van der Waals surface area contributed by atoms with Crippen molar-refractivity contribution in [1.29, 1.82) is 0 Å². The molecule has 1 amide bonds. The number of benzene rings is 1. The number of alkyl halides is 3. The Labute approximate surface area is 153 Å². The second kappa shape index (κ2) is 6.05. The number of aromatic nitrogens is 3. The predicted molar refractivity (Wildman–Crippen MR) is 88.1 cm³/mol. The van der Waals surface area contributed by atoms with Gasteiger partial charge in [0.05, 0.1) is 23.5 Å². The predicted octanol–water partition coefficient (Wildman–Crippen LogP) is 2.62. The number of rotatable bonds is 2. The van der Waals surface area contributed by atoms with Crippen LogP contribution in [0.1, 0.15) is 21.1 Å². The van der Waals surface area contributed by atoms with Gasteiger partial charge < -0.3 is 14.6 Å². The Bertz CT molecular complexity index is 1060. The van der Waals surface area contributed by atoms with E-state index in [0.29, 0.717) is 10.5 Å². The highest BCUT2D eigenvalue weighted by Gasteiger charge is 2.37. The summed E-state index contributed by atoms with van der Waals surface area (Å²) in [6, 6.07) is 3.48.